The van der Waals surface area contributed by atoms with Gasteiger partial charge in [-0.3, -0.25) is 9.80 Å². The minimum atomic E-state index is 0.729. The highest BCUT2D eigenvalue weighted by Crippen LogP contribution is 2.28. The first-order chi connectivity index (χ1) is 10.2. The number of nitrogens with zero attached hydrogens (tertiary/aromatic N) is 2. The summed E-state index contributed by atoms with van der Waals surface area (Å²) in [6.45, 7) is 12.8. The Morgan fingerprint density at radius 1 is 1.14 bits per heavy atom. The zero-order valence-electron chi connectivity index (χ0n) is 13.5. The second-order valence-electron chi connectivity index (χ2n) is 6.94. The molecule has 1 saturated heterocycles. The number of thiophene rings is 1. The summed E-state index contributed by atoms with van der Waals surface area (Å²) in [6.07, 6.45) is 2.88. The van der Waals surface area contributed by atoms with Crippen LogP contribution < -0.4 is 5.32 Å². The zero-order chi connectivity index (χ0) is 14.7. The normalized spacial score (nSPS) is 21.3. The van der Waals surface area contributed by atoms with Gasteiger partial charge in [0.15, 0.2) is 0 Å². The lowest BCUT2D eigenvalue weighted by Gasteiger charge is -2.34. The Bertz CT molecular complexity index is 431. The van der Waals surface area contributed by atoms with E-state index in [1.807, 2.05) is 11.3 Å². The van der Waals surface area contributed by atoms with E-state index in [0.717, 1.165) is 31.6 Å². The van der Waals surface area contributed by atoms with E-state index in [1.165, 1.54) is 48.8 Å². The molecule has 0 atom stereocenters. The van der Waals surface area contributed by atoms with E-state index in [-0.39, 0.29) is 0 Å². The molecule has 0 spiro atoms. The summed E-state index contributed by atoms with van der Waals surface area (Å²) in [5, 5.41) is 3.53. The fourth-order valence-electron chi connectivity index (χ4n) is 3.03. The monoisotopic (exact) mass is 307 g/mol. The predicted octanol–water partition coefficient (Wildman–Crippen LogP) is 2.77. The Morgan fingerprint density at radius 3 is 2.52 bits per heavy atom. The molecule has 1 aromatic heterocycles. The van der Waals surface area contributed by atoms with E-state index in [2.05, 4.69) is 41.1 Å². The van der Waals surface area contributed by atoms with Crippen LogP contribution in [0.3, 0.4) is 0 Å². The Labute approximate surface area is 133 Å². The molecule has 1 aliphatic carbocycles. The second kappa shape index (κ2) is 7.23. The summed E-state index contributed by atoms with van der Waals surface area (Å²) in [7, 11) is 0. The van der Waals surface area contributed by atoms with Crippen LogP contribution in [-0.2, 0) is 13.1 Å². The third-order valence-corrected chi connectivity index (χ3v) is 5.49. The van der Waals surface area contributed by atoms with E-state index >= 15 is 0 Å². The molecule has 1 aliphatic heterocycles. The van der Waals surface area contributed by atoms with Gasteiger partial charge in [-0.25, -0.2) is 0 Å². The van der Waals surface area contributed by atoms with Gasteiger partial charge in [-0.1, -0.05) is 13.8 Å². The van der Waals surface area contributed by atoms with Crippen LogP contribution in [0.25, 0.3) is 0 Å². The fraction of sp³-hybridized carbons (Fsp3) is 0.765. The quantitative estimate of drug-likeness (QED) is 0.835. The molecule has 0 amide bonds. The van der Waals surface area contributed by atoms with Crippen molar-refractivity contribution in [3.8, 4) is 0 Å². The van der Waals surface area contributed by atoms with Crippen molar-refractivity contribution < 1.29 is 0 Å². The van der Waals surface area contributed by atoms with Crippen molar-refractivity contribution in [2.24, 2.45) is 5.92 Å². The molecule has 4 heteroatoms. The van der Waals surface area contributed by atoms with E-state index in [0.29, 0.717) is 0 Å². The summed E-state index contributed by atoms with van der Waals surface area (Å²) >= 11 is 1.98. The average Bonchev–Trinajstić information content (AvgIpc) is 3.22. The third-order valence-electron chi connectivity index (χ3n) is 4.42. The number of rotatable bonds is 7. The number of piperazine rings is 1. The molecular weight excluding hydrogens is 278 g/mol. The first-order valence-corrected chi connectivity index (χ1v) is 9.27. The summed E-state index contributed by atoms with van der Waals surface area (Å²) in [5.74, 6) is 0.729. The summed E-state index contributed by atoms with van der Waals surface area (Å²) in [5.41, 5.74) is 0. The molecule has 1 saturated carbocycles. The van der Waals surface area contributed by atoms with Gasteiger partial charge in [0.2, 0.25) is 0 Å². The van der Waals surface area contributed by atoms with E-state index in [1.54, 1.807) is 0 Å². The summed E-state index contributed by atoms with van der Waals surface area (Å²) in [6, 6.07) is 5.56. The molecule has 0 unspecified atom stereocenters. The van der Waals surface area contributed by atoms with Gasteiger partial charge in [-0.05, 0) is 37.4 Å². The molecule has 0 aromatic carbocycles. The van der Waals surface area contributed by atoms with Crippen molar-refractivity contribution in [3.63, 3.8) is 0 Å². The highest BCUT2D eigenvalue weighted by atomic mass is 32.1. The van der Waals surface area contributed by atoms with Crippen LogP contribution in [0.1, 0.15) is 36.4 Å². The lowest BCUT2D eigenvalue weighted by molar-refractivity contribution is 0.122. The van der Waals surface area contributed by atoms with Gasteiger partial charge in [0.1, 0.15) is 0 Å². The second-order valence-corrected chi connectivity index (χ2v) is 8.19. The zero-order valence-corrected chi connectivity index (χ0v) is 14.3. The van der Waals surface area contributed by atoms with Gasteiger partial charge in [0, 0.05) is 55.1 Å². The SMILES string of the molecule is CC(C)CNCc1ccc(CN2CCN(C3CC3)CC2)s1. The van der Waals surface area contributed by atoms with Gasteiger partial charge in [0.05, 0.1) is 0 Å². The minimum Gasteiger partial charge on any atom is -0.312 e. The maximum absolute atomic E-state index is 3.53. The molecule has 21 heavy (non-hydrogen) atoms. The van der Waals surface area contributed by atoms with Gasteiger partial charge in [-0.15, -0.1) is 11.3 Å². The molecule has 0 radical (unpaired) electrons. The highest BCUT2D eigenvalue weighted by molar-refractivity contribution is 7.11. The third kappa shape index (κ3) is 4.78. The molecule has 0 bridgehead atoms. The molecule has 1 N–H and O–H groups in total. The van der Waals surface area contributed by atoms with Crippen molar-refractivity contribution in [1.29, 1.82) is 0 Å². The Kier molecular flexibility index (Phi) is 5.33. The largest absolute Gasteiger partial charge is 0.312 e. The van der Waals surface area contributed by atoms with E-state index in [9.17, 15) is 0 Å². The van der Waals surface area contributed by atoms with Gasteiger partial charge >= 0.3 is 0 Å². The van der Waals surface area contributed by atoms with Crippen LogP contribution in [0, 0.1) is 5.92 Å². The molecule has 2 aliphatic rings. The maximum atomic E-state index is 3.53. The summed E-state index contributed by atoms with van der Waals surface area (Å²) < 4.78 is 0. The van der Waals surface area contributed by atoms with Crippen LogP contribution in [0.15, 0.2) is 12.1 Å². The van der Waals surface area contributed by atoms with Crippen LogP contribution in [0.5, 0.6) is 0 Å². The van der Waals surface area contributed by atoms with Crippen LogP contribution in [0.2, 0.25) is 0 Å². The molecular formula is C17H29N3S. The first-order valence-electron chi connectivity index (χ1n) is 8.45. The number of hydrogen-bond acceptors (Lipinski definition) is 4. The summed E-state index contributed by atoms with van der Waals surface area (Å²) in [4.78, 5) is 8.31. The van der Waals surface area contributed by atoms with Crippen LogP contribution in [0.4, 0.5) is 0 Å². The standard InChI is InChI=1S/C17H29N3S/c1-14(2)11-18-12-16-5-6-17(21-16)13-19-7-9-20(10-8-19)15-3-4-15/h5-6,14-15,18H,3-4,7-13H2,1-2H3. The minimum absolute atomic E-state index is 0.729. The van der Waals surface area contributed by atoms with Crippen LogP contribution >= 0.6 is 11.3 Å². The van der Waals surface area contributed by atoms with Crippen molar-refractivity contribution in [3.05, 3.63) is 21.9 Å². The molecule has 3 nitrogen and oxygen atoms in total. The van der Waals surface area contributed by atoms with E-state index < -0.39 is 0 Å². The molecule has 3 rings (SSSR count). The highest BCUT2D eigenvalue weighted by Gasteiger charge is 2.31. The predicted molar refractivity (Wildman–Crippen MR) is 90.7 cm³/mol. The van der Waals surface area contributed by atoms with Crippen molar-refractivity contribution in [2.45, 2.75) is 45.8 Å². The fourth-order valence-corrected chi connectivity index (χ4v) is 4.06. The van der Waals surface area contributed by atoms with Crippen molar-refractivity contribution in [2.75, 3.05) is 32.7 Å². The van der Waals surface area contributed by atoms with Gasteiger partial charge in [0.25, 0.3) is 0 Å². The molecule has 2 fully saturated rings. The molecule has 1 aromatic rings. The average molecular weight is 308 g/mol. The van der Waals surface area contributed by atoms with Crippen molar-refractivity contribution in [1.82, 2.24) is 15.1 Å². The van der Waals surface area contributed by atoms with Gasteiger partial charge < -0.3 is 5.32 Å². The number of nitrogens with one attached hydrogen (secondary N) is 1. The number of hydrogen-bond donors (Lipinski definition) is 1. The smallest absolute Gasteiger partial charge is 0.0329 e. The Morgan fingerprint density at radius 2 is 1.86 bits per heavy atom. The van der Waals surface area contributed by atoms with Crippen molar-refractivity contribution >= 4 is 11.3 Å². The Balaban J connectivity index is 1.40. The maximum Gasteiger partial charge on any atom is 0.0329 e. The first kappa shape index (κ1) is 15.5. The molecule has 118 valence electrons. The van der Waals surface area contributed by atoms with Crippen LogP contribution in [-0.4, -0.2) is 48.6 Å². The van der Waals surface area contributed by atoms with E-state index in [4.69, 9.17) is 0 Å². The lowest BCUT2D eigenvalue weighted by Crippen LogP contribution is -2.46. The molecule has 2 heterocycles. The Hall–Kier alpha value is -0.420. The lowest BCUT2D eigenvalue weighted by atomic mass is 10.2. The topological polar surface area (TPSA) is 18.5 Å². The van der Waals surface area contributed by atoms with Gasteiger partial charge in [-0.2, -0.15) is 0 Å².